The Morgan fingerprint density at radius 1 is 0.537 bits per heavy atom. The van der Waals surface area contributed by atoms with Gasteiger partial charge >= 0.3 is 131 Å². The van der Waals surface area contributed by atoms with Crippen molar-refractivity contribution in [3.8, 4) is 0 Å². The largest absolute Gasteiger partial charge is 1.00 e. The molecule has 6 amide bonds. The van der Waals surface area contributed by atoms with E-state index in [1.807, 2.05) is 112 Å². The third-order valence-electron chi connectivity index (χ3n) is 18.1. The van der Waals surface area contributed by atoms with Gasteiger partial charge in [-0.2, -0.15) is 55.3 Å². The number of benzene rings is 5. The third-order valence-corrected chi connectivity index (χ3v) is 19.3. The average molecular weight is 2490 g/mol. The minimum atomic E-state index is -4.67. The molecule has 43 nitrogen and oxygen atoms in total. The first-order valence-electron chi connectivity index (χ1n) is 46.1. The van der Waals surface area contributed by atoms with Gasteiger partial charge < -0.3 is 79.3 Å². The summed E-state index contributed by atoms with van der Waals surface area (Å²) in [6, 6.07) is 41.6. The first kappa shape index (κ1) is 152. The number of nitrogens with zero attached hydrogens (tertiary/aromatic N) is 10. The summed E-state index contributed by atoms with van der Waals surface area (Å²) < 4.78 is 49.5. The van der Waals surface area contributed by atoms with E-state index in [-0.39, 0.29) is 215 Å². The van der Waals surface area contributed by atoms with Crippen LogP contribution in [-0.4, -0.2) is 207 Å². The molecule has 6 aliphatic carbocycles. The fourth-order valence-corrected chi connectivity index (χ4v) is 10.1. The van der Waals surface area contributed by atoms with Crippen molar-refractivity contribution in [1.29, 1.82) is 0 Å². The van der Waals surface area contributed by atoms with Crippen molar-refractivity contribution >= 4 is 181 Å². The normalized spacial score (nSPS) is 13.1. The molecule has 147 heavy (non-hydrogen) atoms. The van der Waals surface area contributed by atoms with E-state index < -0.39 is 39.8 Å². The molecule has 0 bridgehead atoms. The quantitative estimate of drug-likeness (QED) is 0.00136. The Bertz CT molecular complexity index is 4570. The Morgan fingerprint density at radius 2 is 0.837 bits per heavy atom. The molecular weight excluding hydrogens is 2340 g/mol. The molecule has 6 fully saturated rings. The molecule has 15 N–H and O–H groups in total. The Hall–Kier alpha value is -5.25. The van der Waals surface area contributed by atoms with Gasteiger partial charge in [0.25, 0.3) is 36.0 Å². The summed E-state index contributed by atoms with van der Waals surface area (Å²) >= 11 is 15.2. The fraction of sp³-hybridized carbons (Fsp3) is 0.521. The molecule has 53 heteroatoms. The zero-order chi connectivity index (χ0) is 105. The number of amides is 6. The van der Waals surface area contributed by atoms with Crippen molar-refractivity contribution in [2.24, 2.45) is 53.1 Å². The van der Waals surface area contributed by atoms with Crippen LogP contribution in [0.15, 0.2) is 140 Å². The minimum absolute atomic E-state index is 0. The van der Waals surface area contributed by atoms with E-state index >= 15 is 0 Å². The molecule has 0 saturated heterocycles. The molecule has 6 saturated carbocycles. The number of carbonyl (C=O) groups excluding carboxylic acids is 8. The number of alkyl halides is 1. The van der Waals surface area contributed by atoms with Crippen molar-refractivity contribution in [3.63, 3.8) is 0 Å². The van der Waals surface area contributed by atoms with Crippen molar-refractivity contribution in [2.75, 3.05) is 118 Å². The number of hydrogen-bond donors (Lipinski definition) is 12. The first-order chi connectivity index (χ1) is 68.0. The number of fused-ring (bicyclic) bond motifs is 2. The number of hydrazine groups is 1. The first-order valence-corrected chi connectivity index (χ1v) is 51.0. The van der Waals surface area contributed by atoms with Gasteiger partial charge in [0, 0.05) is 77.5 Å². The Kier molecular flexibility index (Phi) is 100. The van der Waals surface area contributed by atoms with E-state index in [1.54, 1.807) is 55.6 Å². The summed E-state index contributed by atoms with van der Waals surface area (Å²) in [7, 11) is 0.545. The molecule has 4 heterocycles. The molecular formula is C94H148Cl4I2K2N19O24SV-. The number of ether oxygens (including phenoxy) is 3. The second-order valence-corrected chi connectivity index (χ2v) is 34.5. The zero-order valence-corrected chi connectivity index (χ0v) is 101. The maximum absolute atomic E-state index is 11.8. The summed E-state index contributed by atoms with van der Waals surface area (Å²) in [6.45, 7) is 24.6. The van der Waals surface area contributed by atoms with Crippen LogP contribution in [0.4, 0.5) is 44.1 Å². The van der Waals surface area contributed by atoms with Gasteiger partial charge in [0.15, 0.2) is 0 Å². The summed E-state index contributed by atoms with van der Waals surface area (Å²) in [6.07, 6.45) is 19.2. The molecule has 8 aliphatic rings. The SMILES string of the molecule is C.CC.CCCNc1nc(Cl)nc(NCCC)n1.CCCNc1nc(NCCC)nc(N(C)OCC2CC2)n1.CCI.CC[CH-]I.CN(OCC1CC1)C(=O)OCc1ccccc1.CNOCC1CC1.Cl.Cl.NN.NOCC1CC1.O=C(Cl)OCc1ccccc1.O=C(NOCC1CC1)OCc1ccccc1.O=C1c2ccccc2C(=O)N1O.O=C1c2ccccc2C(=O)N1OCC1CC1.O=CO[O-].O=S(=O)(O)O.[H-].[K+].[K+].[V]. The molecule has 15 rings (SSSR count). The monoisotopic (exact) mass is 2480 g/mol. The van der Waals surface area contributed by atoms with E-state index in [0.29, 0.717) is 84.4 Å². The number of hydrogen-bond acceptors (Lipinski definition) is 37. The molecule has 2 aliphatic heterocycles. The van der Waals surface area contributed by atoms with Gasteiger partial charge in [0.2, 0.25) is 29.1 Å². The third kappa shape index (κ3) is 80.3. The number of aromatic nitrogens is 6. The fourth-order valence-electron chi connectivity index (χ4n) is 9.84. The van der Waals surface area contributed by atoms with E-state index in [2.05, 4.69) is 179 Å². The van der Waals surface area contributed by atoms with Crippen LogP contribution in [0.25, 0.3) is 0 Å². The van der Waals surface area contributed by atoms with Crippen LogP contribution in [0.5, 0.6) is 0 Å². The Labute approximate surface area is 1010 Å². The molecule has 1 radical (unpaired) electrons. The minimum Gasteiger partial charge on any atom is -1.00 e. The topological polar surface area (TPSA) is 587 Å². The van der Waals surface area contributed by atoms with Crippen LogP contribution in [0.1, 0.15) is 232 Å². The number of nitrogens with two attached hydrogens (primary N) is 3. The average Bonchev–Trinajstić information content (AvgIpc) is 1.66. The number of hydroxylamine groups is 9. The van der Waals surface area contributed by atoms with Gasteiger partial charge in [-0.05, 0) is 195 Å². The predicted octanol–water partition coefficient (Wildman–Crippen LogP) is 11.7. The number of halogens is 6. The number of anilines is 5. The van der Waals surface area contributed by atoms with Crippen molar-refractivity contribution in [3.05, 3.63) is 188 Å². The standard InChI is InChI=1S/C14H26N6O.C13H17NO3.C12H11NO3.C12H15NO3.C9H16ClN5.C8H7ClO2.C8H5NO3.C5H11NO.C4H9NO.C3H6I.C2H5I.C2H6.CH2O3.CH4.2ClH.2K.H4N2.H2O4S.V.H/c1-4-8-15-12-17-13(16-9-5-2)19-14(18-12)20(3)21-10-11-6-7-11;1-14(17-10-12-7-8-12)13(15)16-9-11-5-3-2-4-6-11;14-11-9-3-1-2-4-10(9)12(15)13(11)16-7-8-5-6-8;14-12(13-16-9-11-6-7-11)15-8-10-4-2-1-3-5-10;1-3-5-11-8-13-7(10)14-9(15-8)12-6-4-2;9-8(10)11-6-7-4-2-1-3-5-7;10-7-5-3-1-2-4-6(5)8(11)9(7)12;1-6-7-4-5-2-3-5;5-6-3-4-1-2-4;1-2-3-4;1-2-3;1-2;2-1-4-3;;;;;;1-2;1-5(2,3)4;;/h11H,4-10H2,1-3H3,(H2,15,16,17,18,19);2-6,12H,7-10H2,1H3;1-4,8H,5-7H2;1-5,11H,6-9H2,(H,13,14);3-6H2,1-2H3,(H2,11,12,13,14,15);1-5H,6H2;1-4,12H;5-6H,2-4H2,1H3;4H,1-3,5H2;3H,2H2,1H3;2H2,1H3;1-2H3;1,3H;1H4;2*1H;;;1-2H2;(H2,1,2,3,4);;/q;;;;;;;;;-1;;;;;;;2*+1;;;;-1/p-1. The second-order valence-electron chi connectivity index (χ2n) is 30.5. The van der Waals surface area contributed by atoms with Crippen LogP contribution >= 0.6 is 93.2 Å². The zero-order valence-electron chi connectivity index (χ0n) is 86.1. The molecule has 7 aromatic rings. The predicted molar refractivity (Wildman–Crippen MR) is 572 cm³/mol. The van der Waals surface area contributed by atoms with Gasteiger partial charge in [-0.1, -0.05) is 201 Å². The van der Waals surface area contributed by atoms with Crippen molar-refractivity contribution in [1.82, 2.24) is 56.1 Å². The number of imide groups is 2. The summed E-state index contributed by atoms with van der Waals surface area (Å²) in [5.41, 5.74) is 8.37. The van der Waals surface area contributed by atoms with Crippen LogP contribution in [-0.2, 0) is 102 Å². The van der Waals surface area contributed by atoms with E-state index in [9.17, 15) is 33.6 Å². The van der Waals surface area contributed by atoms with E-state index in [0.717, 1.165) is 118 Å². The van der Waals surface area contributed by atoms with Crippen molar-refractivity contribution < 1.29 is 237 Å². The molecule has 819 valence electrons. The van der Waals surface area contributed by atoms with Gasteiger partial charge in [0.05, 0.1) is 61.9 Å². The van der Waals surface area contributed by atoms with Crippen LogP contribution in [0.2, 0.25) is 5.28 Å². The summed E-state index contributed by atoms with van der Waals surface area (Å²) in [5, 5.41) is 33.9. The number of carbonyl (C=O) groups is 8. The number of rotatable bonds is 38. The second kappa shape index (κ2) is 96.5. The van der Waals surface area contributed by atoms with Crippen LogP contribution < -0.4 is 163 Å². The summed E-state index contributed by atoms with van der Waals surface area (Å²) in [5.74, 6) is 17.6. The maximum atomic E-state index is 11.8. The van der Waals surface area contributed by atoms with Gasteiger partial charge in [0.1, 0.15) is 19.8 Å². The Balaban J connectivity index is -0.000000297. The number of nitrogens with one attached hydrogen (secondary N) is 6. The van der Waals surface area contributed by atoms with Gasteiger partial charge in [-0.25, -0.2) is 30.8 Å². The molecule has 0 unspecified atom stereocenters. The molecule has 2 aromatic heterocycles. The van der Waals surface area contributed by atoms with E-state index in [4.69, 9.17) is 95.5 Å². The van der Waals surface area contributed by atoms with Gasteiger partial charge in [-0.15, -0.1) is 34.9 Å². The Morgan fingerprint density at radius 3 is 1.15 bits per heavy atom. The molecule has 5 aromatic carbocycles. The summed E-state index contributed by atoms with van der Waals surface area (Å²) in [4.78, 5) is 146. The van der Waals surface area contributed by atoms with E-state index in [1.165, 1.54) is 92.3 Å². The van der Waals surface area contributed by atoms with Crippen LogP contribution in [0, 0.1) is 39.9 Å². The van der Waals surface area contributed by atoms with Crippen molar-refractivity contribution in [2.45, 2.75) is 192 Å². The molecule has 0 spiro atoms. The molecule has 0 atom stereocenters. The maximum Gasteiger partial charge on any atom is 1.00 e. The van der Waals surface area contributed by atoms with Gasteiger partial charge in [-0.3, -0.25) is 73.7 Å². The van der Waals surface area contributed by atoms with Crippen LogP contribution in [0.3, 0.4) is 0 Å². The smallest absolute Gasteiger partial charge is 1.00 e.